The summed E-state index contributed by atoms with van der Waals surface area (Å²) >= 11 is 0. The van der Waals surface area contributed by atoms with Crippen LogP contribution in [0.1, 0.15) is 66.5 Å². The normalized spacial score (nSPS) is 12.4. The summed E-state index contributed by atoms with van der Waals surface area (Å²) in [6, 6.07) is 17.0. The second-order valence-corrected chi connectivity index (χ2v) is 10.7. The van der Waals surface area contributed by atoms with Crippen molar-refractivity contribution >= 4 is 18.5 Å². The third-order valence-electron chi connectivity index (χ3n) is 6.13. The maximum atomic E-state index is 3.20. The minimum absolute atomic E-state index is 0. The van der Waals surface area contributed by atoms with Gasteiger partial charge in [-0.2, -0.15) is 41.5 Å². The average Bonchev–Trinajstić information content (AvgIpc) is 3.26. The molecule has 0 aromatic heterocycles. The molecule has 27 heavy (non-hydrogen) atoms. The van der Waals surface area contributed by atoms with Gasteiger partial charge < -0.3 is 0 Å². The Kier molecular flexibility index (Phi) is 11.3. The molecule has 0 aliphatic heterocycles. The van der Waals surface area contributed by atoms with E-state index in [1.165, 1.54) is 11.1 Å². The first-order chi connectivity index (χ1) is 12.0. The van der Waals surface area contributed by atoms with E-state index in [4.69, 9.17) is 0 Å². The topological polar surface area (TPSA) is 0 Å². The first-order valence-electron chi connectivity index (χ1n) is 10.0. The minimum Gasteiger partial charge on any atom is -0.214 e. The molecule has 0 aliphatic carbocycles. The van der Waals surface area contributed by atoms with Crippen molar-refractivity contribution in [1.82, 2.24) is 0 Å². The van der Waals surface area contributed by atoms with Gasteiger partial charge in [0.15, 0.2) is 0 Å². The van der Waals surface area contributed by atoms with Crippen molar-refractivity contribution in [2.45, 2.75) is 65.7 Å². The molecule has 0 aliphatic rings. The van der Waals surface area contributed by atoms with Crippen molar-refractivity contribution in [1.29, 1.82) is 0 Å². The molecule has 0 spiro atoms. The van der Waals surface area contributed by atoms with Crippen LogP contribution < -0.4 is 0 Å². The molecule has 0 saturated carbocycles. The average molecular weight is 446 g/mol. The van der Waals surface area contributed by atoms with Crippen molar-refractivity contribution in [2.75, 3.05) is 0 Å². The summed E-state index contributed by atoms with van der Waals surface area (Å²) in [4.78, 5) is 0. The second kappa shape index (κ2) is 11.3. The van der Waals surface area contributed by atoms with Crippen LogP contribution in [0.3, 0.4) is 0 Å². The van der Waals surface area contributed by atoms with Gasteiger partial charge >= 0.3 is 17.1 Å². The molecule has 0 N–H and O–H groups in total. The van der Waals surface area contributed by atoms with Crippen molar-refractivity contribution in [3.8, 4) is 0 Å². The standard InChI is InChI=1S/C19H35P2.C5H5.Fe/c1-12(2)18(20,13(3)4)16-10-9-11-17(16)19(21,14(5)6)15(7)8;1-2-4-5-3-1;/h9-15H,20-21H2,1-8H3;1-5H;/q2*-1;+2. The Morgan fingerprint density at radius 2 is 1.11 bits per heavy atom. The van der Waals surface area contributed by atoms with Gasteiger partial charge in [-0.05, 0) is 34.0 Å². The third kappa shape index (κ3) is 5.80. The van der Waals surface area contributed by atoms with Crippen molar-refractivity contribution in [3.05, 3.63) is 59.7 Å². The number of rotatable bonds is 6. The molecule has 3 heteroatoms. The van der Waals surface area contributed by atoms with Crippen LogP contribution in [0.25, 0.3) is 0 Å². The van der Waals surface area contributed by atoms with Crippen LogP contribution in [-0.4, -0.2) is 0 Å². The van der Waals surface area contributed by atoms with Crippen LogP contribution in [0.4, 0.5) is 0 Å². The van der Waals surface area contributed by atoms with Gasteiger partial charge in [0.2, 0.25) is 0 Å². The molecule has 2 aromatic rings. The van der Waals surface area contributed by atoms with Gasteiger partial charge in [-0.15, -0.1) is 18.5 Å². The van der Waals surface area contributed by atoms with E-state index in [9.17, 15) is 0 Å². The summed E-state index contributed by atoms with van der Waals surface area (Å²) in [6.07, 6.45) is 0. The van der Waals surface area contributed by atoms with E-state index in [1.54, 1.807) is 0 Å². The van der Waals surface area contributed by atoms with E-state index in [0.717, 1.165) is 0 Å². The molecule has 0 amide bonds. The summed E-state index contributed by atoms with van der Waals surface area (Å²) in [5, 5.41) is 0.287. The smallest absolute Gasteiger partial charge is 0.214 e. The van der Waals surface area contributed by atoms with E-state index in [1.807, 2.05) is 30.3 Å². The van der Waals surface area contributed by atoms with Gasteiger partial charge in [0.05, 0.1) is 0 Å². The summed E-state index contributed by atoms with van der Waals surface area (Å²) in [6.45, 7) is 18.8. The monoisotopic (exact) mass is 446 g/mol. The van der Waals surface area contributed by atoms with Crippen molar-refractivity contribution in [2.24, 2.45) is 23.7 Å². The van der Waals surface area contributed by atoms with E-state index in [0.29, 0.717) is 23.7 Å². The minimum atomic E-state index is 0. The molecule has 0 nitrogen and oxygen atoms in total. The Balaban J connectivity index is 0.000000969. The molecule has 2 rings (SSSR count). The SMILES string of the molecule is CC(C)C(P)(c1cc[cH-]c1C(P)(C(C)C)C(C)C)C(C)C.[Fe+2].c1cc[cH-]c1. The largest absolute Gasteiger partial charge is 2.00 e. The zero-order valence-corrected chi connectivity index (χ0v) is 21.9. The Labute approximate surface area is 184 Å². The summed E-state index contributed by atoms with van der Waals surface area (Å²) in [5.74, 6) is 2.38. The molecular weight excluding hydrogens is 406 g/mol. The second-order valence-electron chi connectivity index (χ2n) is 8.80. The first-order valence-corrected chi connectivity index (χ1v) is 11.2. The van der Waals surface area contributed by atoms with Crippen molar-refractivity contribution in [3.63, 3.8) is 0 Å². The zero-order chi connectivity index (χ0) is 20.1. The Hall–Kier alpha value is 0.0795. The molecule has 0 radical (unpaired) electrons. The molecule has 0 heterocycles. The van der Waals surface area contributed by atoms with Gasteiger partial charge in [-0.3, -0.25) is 0 Å². The van der Waals surface area contributed by atoms with Gasteiger partial charge in [0.1, 0.15) is 0 Å². The first kappa shape index (κ1) is 27.1. The van der Waals surface area contributed by atoms with Crippen LogP contribution >= 0.6 is 18.5 Å². The quantitative estimate of drug-likeness (QED) is 0.244. The molecule has 2 aromatic carbocycles. The summed E-state index contributed by atoms with van der Waals surface area (Å²) in [7, 11) is 6.40. The Bertz CT molecular complexity index is 547. The maximum Gasteiger partial charge on any atom is 2.00 e. The van der Waals surface area contributed by atoms with Gasteiger partial charge in [0.25, 0.3) is 0 Å². The molecular formula is C24H40FeP2. The van der Waals surface area contributed by atoms with Gasteiger partial charge in [-0.1, -0.05) is 55.4 Å². The molecule has 2 atom stereocenters. The van der Waals surface area contributed by atoms with E-state index < -0.39 is 0 Å². The number of hydrogen-bond acceptors (Lipinski definition) is 0. The third-order valence-corrected chi connectivity index (χ3v) is 9.41. The zero-order valence-electron chi connectivity index (χ0n) is 18.4. The van der Waals surface area contributed by atoms with Crippen LogP contribution in [0.15, 0.2) is 48.5 Å². The number of hydrogen-bond donors (Lipinski definition) is 0. The van der Waals surface area contributed by atoms with Crippen LogP contribution in [0, 0.1) is 23.7 Å². The van der Waals surface area contributed by atoms with E-state index in [-0.39, 0.29) is 27.4 Å². The molecule has 154 valence electrons. The maximum absolute atomic E-state index is 3.20. The Morgan fingerprint density at radius 3 is 1.41 bits per heavy atom. The summed E-state index contributed by atoms with van der Waals surface area (Å²) in [5.41, 5.74) is 3.05. The van der Waals surface area contributed by atoms with Crippen molar-refractivity contribution < 1.29 is 17.1 Å². The van der Waals surface area contributed by atoms with Gasteiger partial charge in [0, 0.05) is 0 Å². The summed E-state index contributed by atoms with van der Waals surface area (Å²) < 4.78 is 0. The molecule has 0 saturated heterocycles. The fourth-order valence-electron chi connectivity index (χ4n) is 4.07. The van der Waals surface area contributed by atoms with Gasteiger partial charge in [-0.25, -0.2) is 18.2 Å². The van der Waals surface area contributed by atoms with Crippen LogP contribution in [-0.2, 0) is 27.4 Å². The Morgan fingerprint density at radius 1 is 0.704 bits per heavy atom. The predicted octanol–water partition coefficient (Wildman–Crippen LogP) is 7.57. The fraction of sp³-hybridized carbons (Fsp3) is 0.583. The predicted molar refractivity (Wildman–Crippen MR) is 126 cm³/mol. The molecule has 2 unspecified atom stereocenters. The van der Waals surface area contributed by atoms with E-state index in [2.05, 4.69) is 92.1 Å². The van der Waals surface area contributed by atoms with Crippen LogP contribution in [0.2, 0.25) is 0 Å². The fourth-order valence-corrected chi connectivity index (χ4v) is 4.58. The van der Waals surface area contributed by atoms with E-state index >= 15 is 0 Å². The molecule has 0 bridgehead atoms. The molecule has 0 fully saturated rings. The van der Waals surface area contributed by atoms with Crippen LogP contribution in [0.5, 0.6) is 0 Å².